The minimum atomic E-state index is -2.92. The van der Waals surface area contributed by atoms with Gasteiger partial charge >= 0.3 is 0 Å². The first-order chi connectivity index (χ1) is 8.44. The van der Waals surface area contributed by atoms with Gasteiger partial charge in [0.05, 0.1) is 18.1 Å². The van der Waals surface area contributed by atoms with Gasteiger partial charge in [-0.15, -0.1) is 0 Å². The maximum atomic E-state index is 11.5. The first kappa shape index (κ1) is 13.6. The van der Waals surface area contributed by atoms with Crippen molar-refractivity contribution < 1.29 is 13.5 Å². The highest BCUT2D eigenvalue weighted by molar-refractivity contribution is 7.91. The smallest absolute Gasteiger partial charge is 0.152 e. The number of aliphatic hydroxyl groups is 1. The lowest BCUT2D eigenvalue weighted by Gasteiger charge is -2.28. The second-order valence-corrected chi connectivity index (χ2v) is 7.20. The molecular formula is C12H16ClNO3S. The fraction of sp³-hybridized carbons (Fsp3) is 0.500. The van der Waals surface area contributed by atoms with Crippen LogP contribution in [0.25, 0.3) is 0 Å². The standard InChI is InChI=1S/C12H16ClNO3S/c1-14(9-5-6-18(16,17)8-9)12-4-2-3-11(13)10(12)7-15/h2-4,9,15H,5-8H2,1H3. The number of aliphatic hydroxyl groups excluding tert-OH is 1. The van der Waals surface area contributed by atoms with Gasteiger partial charge < -0.3 is 10.0 Å². The predicted molar refractivity (Wildman–Crippen MR) is 72.8 cm³/mol. The Labute approximate surface area is 112 Å². The molecule has 2 rings (SSSR count). The van der Waals surface area contributed by atoms with E-state index in [-0.39, 0.29) is 24.2 Å². The molecule has 1 fully saturated rings. The van der Waals surface area contributed by atoms with E-state index in [0.29, 0.717) is 17.0 Å². The number of rotatable bonds is 3. The third-order valence-electron chi connectivity index (χ3n) is 3.39. The van der Waals surface area contributed by atoms with Crippen LogP contribution in [0.5, 0.6) is 0 Å². The van der Waals surface area contributed by atoms with Gasteiger partial charge in [0.1, 0.15) is 0 Å². The topological polar surface area (TPSA) is 57.6 Å². The molecule has 100 valence electrons. The van der Waals surface area contributed by atoms with Gasteiger partial charge in [-0.3, -0.25) is 0 Å². The number of hydrogen-bond donors (Lipinski definition) is 1. The van der Waals surface area contributed by atoms with Gasteiger partial charge in [-0.05, 0) is 18.6 Å². The van der Waals surface area contributed by atoms with Crippen LogP contribution in [-0.2, 0) is 16.4 Å². The molecule has 0 bridgehead atoms. The minimum absolute atomic E-state index is 0.0428. The predicted octanol–water partition coefficient (Wildman–Crippen LogP) is 1.46. The van der Waals surface area contributed by atoms with E-state index in [1.165, 1.54) is 0 Å². The summed E-state index contributed by atoms with van der Waals surface area (Å²) in [7, 11) is -1.07. The Kier molecular flexibility index (Phi) is 3.84. The van der Waals surface area contributed by atoms with E-state index in [2.05, 4.69) is 0 Å². The molecule has 1 aliphatic heterocycles. The number of nitrogens with zero attached hydrogens (tertiary/aromatic N) is 1. The molecule has 0 saturated carbocycles. The summed E-state index contributed by atoms with van der Waals surface area (Å²) >= 11 is 6.03. The van der Waals surface area contributed by atoms with E-state index in [1.807, 2.05) is 18.0 Å². The first-order valence-corrected chi connectivity index (χ1v) is 7.96. The van der Waals surface area contributed by atoms with Gasteiger partial charge in [0.25, 0.3) is 0 Å². The van der Waals surface area contributed by atoms with Crippen molar-refractivity contribution in [1.29, 1.82) is 0 Å². The molecule has 6 heteroatoms. The maximum absolute atomic E-state index is 11.5. The Morgan fingerprint density at radius 2 is 2.22 bits per heavy atom. The highest BCUT2D eigenvalue weighted by Gasteiger charge is 2.31. The fourth-order valence-corrected chi connectivity index (χ4v) is 4.32. The number of benzene rings is 1. The second-order valence-electron chi connectivity index (χ2n) is 4.56. The summed E-state index contributed by atoms with van der Waals surface area (Å²) in [5.41, 5.74) is 1.44. The SMILES string of the molecule is CN(c1cccc(Cl)c1CO)C1CCS(=O)(=O)C1. The summed E-state index contributed by atoms with van der Waals surface area (Å²) in [4.78, 5) is 1.90. The zero-order chi connectivity index (χ0) is 13.3. The van der Waals surface area contributed by atoms with Crippen LogP contribution in [0.3, 0.4) is 0 Å². The highest BCUT2D eigenvalue weighted by atomic mass is 35.5. The Balaban J connectivity index is 2.29. The summed E-state index contributed by atoms with van der Waals surface area (Å²) in [6, 6.07) is 5.33. The minimum Gasteiger partial charge on any atom is -0.392 e. The van der Waals surface area contributed by atoms with Crippen molar-refractivity contribution in [2.75, 3.05) is 23.5 Å². The molecule has 0 spiro atoms. The molecule has 1 saturated heterocycles. The van der Waals surface area contributed by atoms with Crippen LogP contribution in [-0.4, -0.2) is 38.1 Å². The Hall–Kier alpha value is -0.780. The monoisotopic (exact) mass is 289 g/mol. The van der Waals surface area contributed by atoms with Crippen LogP contribution in [0.2, 0.25) is 5.02 Å². The van der Waals surface area contributed by atoms with Gasteiger partial charge in [0.2, 0.25) is 0 Å². The number of hydrogen-bond acceptors (Lipinski definition) is 4. The molecule has 1 atom stereocenters. The van der Waals surface area contributed by atoms with Gasteiger partial charge in [-0.25, -0.2) is 8.42 Å². The lowest BCUT2D eigenvalue weighted by atomic mass is 10.1. The second kappa shape index (κ2) is 5.07. The molecule has 18 heavy (non-hydrogen) atoms. The van der Waals surface area contributed by atoms with E-state index >= 15 is 0 Å². The third-order valence-corrected chi connectivity index (χ3v) is 5.49. The van der Waals surface area contributed by atoms with Crippen molar-refractivity contribution >= 4 is 27.1 Å². The molecule has 1 unspecified atom stereocenters. The maximum Gasteiger partial charge on any atom is 0.152 e. The summed E-state index contributed by atoms with van der Waals surface area (Å²) < 4.78 is 23.0. The summed E-state index contributed by atoms with van der Waals surface area (Å²) in [6.07, 6.45) is 0.621. The van der Waals surface area contributed by atoms with Gasteiger partial charge in [-0.1, -0.05) is 17.7 Å². The van der Waals surface area contributed by atoms with Crippen molar-refractivity contribution in [2.45, 2.75) is 19.1 Å². The molecule has 1 aromatic carbocycles. The molecule has 0 aromatic heterocycles. The number of sulfone groups is 1. The average Bonchev–Trinajstić information content (AvgIpc) is 2.68. The van der Waals surface area contributed by atoms with Crippen LogP contribution in [0, 0.1) is 0 Å². The molecule has 0 radical (unpaired) electrons. The van der Waals surface area contributed by atoms with Crippen LogP contribution < -0.4 is 4.90 Å². The quantitative estimate of drug-likeness (QED) is 0.915. The number of halogens is 1. The van der Waals surface area contributed by atoms with Crippen LogP contribution in [0.4, 0.5) is 5.69 Å². The lowest BCUT2D eigenvalue weighted by Crippen LogP contribution is -2.33. The highest BCUT2D eigenvalue weighted by Crippen LogP contribution is 2.30. The average molecular weight is 290 g/mol. The van der Waals surface area contributed by atoms with Crippen LogP contribution >= 0.6 is 11.6 Å². The van der Waals surface area contributed by atoms with E-state index in [0.717, 1.165) is 5.69 Å². The van der Waals surface area contributed by atoms with Crippen molar-refractivity contribution in [2.24, 2.45) is 0 Å². The van der Waals surface area contributed by atoms with Crippen LogP contribution in [0.15, 0.2) is 18.2 Å². The molecule has 0 amide bonds. The summed E-state index contributed by atoms with van der Waals surface area (Å²) in [5.74, 6) is 0.401. The summed E-state index contributed by atoms with van der Waals surface area (Å²) in [6.45, 7) is -0.154. The van der Waals surface area contributed by atoms with Crippen molar-refractivity contribution in [1.82, 2.24) is 0 Å². The Morgan fingerprint density at radius 3 is 2.78 bits per heavy atom. The van der Waals surface area contributed by atoms with Gasteiger partial charge in [-0.2, -0.15) is 0 Å². The van der Waals surface area contributed by atoms with E-state index < -0.39 is 9.84 Å². The van der Waals surface area contributed by atoms with E-state index in [1.54, 1.807) is 12.1 Å². The molecular weight excluding hydrogens is 274 g/mol. The third kappa shape index (κ3) is 2.63. The fourth-order valence-electron chi connectivity index (χ4n) is 2.31. The van der Waals surface area contributed by atoms with Gasteiger partial charge in [0.15, 0.2) is 9.84 Å². The van der Waals surface area contributed by atoms with Crippen molar-refractivity contribution in [3.05, 3.63) is 28.8 Å². The van der Waals surface area contributed by atoms with Crippen molar-refractivity contribution in [3.63, 3.8) is 0 Å². The molecule has 1 heterocycles. The van der Waals surface area contributed by atoms with Gasteiger partial charge in [0, 0.05) is 29.4 Å². The largest absolute Gasteiger partial charge is 0.392 e. The Morgan fingerprint density at radius 1 is 1.50 bits per heavy atom. The zero-order valence-electron chi connectivity index (χ0n) is 10.1. The first-order valence-electron chi connectivity index (χ1n) is 5.76. The van der Waals surface area contributed by atoms with Crippen LogP contribution in [0.1, 0.15) is 12.0 Å². The summed E-state index contributed by atoms with van der Waals surface area (Å²) in [5, 5.41) is 9.87. The molecule has 1 N–H and O–H groups in total. The molecule has 4 nitrogen and oxygen atoms in total. The van der Waals surface area contributed by atoms with Crippen molar-refractivity contribution in [3.8, 4) is 0 Å². The molecule has 1 aromatic rings. The normalized spacial score (nSPS) is 22.1. The lowest BCUT2D eigenvalue weighted by molar-refractivity contribution is 0.282. The number of anilines is 1. The van der Waals surface area contributed by atoms with E-state index in [4.69, 9.17) is 11.6 Å². The molecule has 1 aliphatic rings. The molecule has 0 aliphatic carbocycles. The van der Waals surface area contributed by atoms with E-state index in [9.17, 15) is 13.5 Å². The Bertz CT molecular complexity index is 544. The zero-order valence-corrected chi connectivity index (χ0v) is 11.7.